The number of nitrogens with zero attached hydrogens (tertiary/aromatic N) is 1. The third kappa shape index (κ3) is 4.93. The van der Waals surface area contributed by atoms with Crippen LogP contribution in [0.5, 0.6) is 5.75 Å². The molecule has 0 saturated heterocycles. The van der Waals surface area contributed by atoms with Gasteiger partial charge in [-0.25, -0.2) is 0 Å². The summed E-state index contributed by atoms with van der Waals surface area (Å²) >= 11 is 0. The molecule has 3 amide bonds. The van der Waals surface area contributed by atoms with Gasteiger partial charge in [0.2, 0.25) is 11.8 Å². The molecule has 2 aromatic rings. The van der Waals surface area contributed by atoms with Crippen molar-refractivity contribution in [3.8, 4) is 5.75 Å². The highest BCUT2D eigenvalue weighted by Crippen LogP contribution is 2.36. The molecule has 152 valence electrons. The lowest BCUT2D eigenvalue weighted by molar-refractivity contribution is -0.123. The molecule has 7 nitrogen and oxygen atoms in total. The molecule has 1 aliphatic rings. The smallest absolute Gasteiger partial charge is 0.265 e. The number of anilines is 3. The summed E-state index contributed by atoms with van der Waals surface area (Å²) in [5.41, 5.74) is 2.73. The molecule has 0 radical (unpaired) electrons. The van der Waals surface area contributed by atoms with E-state index in [9.17, 15) is 14.4 Å². The summed E-state index contributed by atoms with van der Waals surface area (Å²) in [6.07, 6.45) is 0. The van der Waals surface area contributed by atoms with Gasteiger partial charge in [0.15, 0.2) is 6.61 Å². The lowest BCUT2D eigenvalue weighted by atomic mass is 9.86. The van der Waals surface area contributed by atoms with E-state index >= 15 is 0 Å². The highest BCUT2D eigenvalue weighted by atomic mass is 16.5. The molecule has 0 aromatic heterocycles. The van der Waals surface area contributed by atoms with E-state index in [4.69, 9.17) is 4.74 Å². The zero-order valence-corrected chi connectivity index (χ0v) is 17.0. The second-order valence-corrected chi connectivity index (χ2v) is 8.01. The maximum Gasteiger partial charge on any atom is 0.265 e. The number of carbonyl (C=O) groups excluding carboxylic acids is 3. The molecule has 0 atom stereocenters. The number of rotatable bonds is 4. The Labute approximate surface area is 170 Å². The molecule has 29 heavy (non-hydrogen) atoms. The van der Waals surface area contributed by atoms with Crippen molar-refractivity contribution >= 4 is 34.8 Å². The van der Waals surface area contributed by atoms with Gasteiger partial charge in [0, 0.05) is 18.3 Å². The van der Waals surface area contributed by atoms with Crippen molar-refractivity contribution in [1.82, 2.24) is 0 Å². The minimum atomic E-state index is -0.342. The van der Waals surface area contributed by atoms with Crippen LogP contribution in [0.4, 0.5) is 17.1 Å². The van der Waals surface area contributed by atoms with Gasteiger partial charge in [0.05, 0.1) is 5.69 Å². The largest absolute Gasteiger partial charge is 0.482 e. The zero-order chi connectivity index (χ0) is 21.2. The quantitative estimate of drug-likeness (QED) is 0.831. The lowest BCUT2D eigenvalue weighted by Gasteiger charge is -2.30. The second-order valence-electron chi connectivity index (χ2n) is 8.01. The van der Waals surface area contributed by atoms with Crippen molar-refractivity contribution in [2.45, 2.75) is 33.1 Å². The van der Waals surface area contributed by atoms with E-state index in [1.807, 2.05) is 18.2 Å². The van der Waals surface area contributed by atoms with Crippen LogP contribution in [-0.2, 0) is 19.8 Å². The molecular formula is C22H25N3O4. The van der Waals surface area contributed by atoms with Gasteiger partial charge >= 0.3 is 0 Å². The normalized spacial score (nSPS) is 13.4. The summed E-state index contributed by atoms with van der Waals surface area (Å²) < 4.78 is 5.59. The monoisotopic (exact) mass is 395 g/mol. The first-order valence-corrected chi connectivity index (χ1v) is 9.39. The summed E-state index contributed by atoms with van der Waals surface area (Å²) in [4.78, 5) is 37.6. The summed E-state index contributed by atoms with van der Waals surface area (Å²) in [5, 5.41) is 5.43. The number of amides is 3. The average molecular weight is 395 g/mol. The Morgan fingerprint density at radius 3 is 2.41 bits per heavy atom. The number of fused-ring (bicyclic) bond motifs is 1. The highest BCUT2D eigenvalue weighted by molar-refractivity contribution is 6.05. The SMILES string of the molecule is CC(=O)Nc1cccc(NC(=O)CN2C(=O)COc3cc(C(C)(C)C)ccc32)c1. The van der Waals surface area contributed by atoms with Crippen LogP contribution in [-0.4, -0.2) is 30.9 Å². The predicted molar refractivity (Wildman–Crippen MR) is 112 cm³/mol. The summed E-state index contributed by atoms with van der Waals surface area (Å²) in [6, 6.07) is 12.5. The van der Waals surface area contributed by atoms with Crippen molar-refractivity contribution in [1.29, 1.82) is 0 Å². The summed E-state index contributed by atoms with van der Waals surface area (Å²) in [7, 11) is 0. The van der Waals surface area contributed by atoms with Crippen LogP contribution in [0.2, 0.25) is 0 Å². The van der Waals surface area contributed by atoms with Gasteiger partial charge < -0.3 is 15.4 Å². The van der Waals surface area contributed by atoms with Gasteiger partial charge in [0.25, 0.3) is 5.91 Å². The first kappa shape index (κ1) is 20.4. The van der Waals surface area contributed by atoms with Gasteiger partial charge in [0.1, 0.15) is 12.3 Å². The molecule has 0 aliphatic carbocycles. The van der Waals surface area contributed by atoms with Gasteiger partial charge in [-0.3, -0.25) is 19.3 Å². The van der Waals surface area contributed by atoms with E-state index in [1.165, 1.54) is 11.8 Å². The molecule has 0 fully saturated rings. The van der Waals surface area contributed by atoms with Gasteiger partial charge in [-0.2, -0.15) is 0 Å². The Balaban J connectivity index is 1.76. The fourth-order valence-corrected chi connectivity index (χ4v) is 3.07. The van der Waals surface area contributed by atoms with E-state index < -0.39 is 0 Å². The molecule has 2 aromatic carbocycles. The van der Waals surface area contributed by atoms with Gasteiger partial charge in [-0.05, 0) is 41.3 Å². The van der Waals surface area contributed by atoms with E-state index in [0.717, 1.165) is 5.56 Å². The first-order valence-electron chi connectivity index (χ1n) is 9.39. The third-order valence-electron chi connectivity index (χ3n) is 4.54. The fourth-order valence-electron chi connectivity index (χ4n) is 3.07. The standard InChI is InChI=1S/C22H25N3O4/c1-14(26)23-16-6-5-7-17(11-16)24-20(27)12-25-18-9-8-15(22(2,3)4)10-19(18)29-13-21(25)28/h5-11H,12-13H2,1-4H3,(H,23,26)(H,24,27). The zero-order valence-electron chi connectivity index (χ0n) is 17.0. The third-order valence-corrected chi connectivity index (χ3v) is 4.54. The molecule has 1 heterocycles. The van der Waals surface area contributed by atoms with Crippen molar-refractivity contribution in [2.75, 3.05) is 28.7 Å². The molecule has 0 spiro atoms. The van der Waals surface area contributed by atoms with Crippen LogP contribution in [0.15, 0.2) is 42.5 Å². The molecule has 0 saturated carbocycles. The lowest BCUT2D eigenvalue weighted by Crippen LogP contribution is -2.43. The van der Waals surface area contributed by atoms with E-state index in [-0.39, 0.29) is 36.3 Å². The van der Waals surface area contributed by atoms with Gasteiger partial charge in [-0.1, -0.05) is 32.9 Å². The molecule has 0 unspecified atom stereocenters. The molecule has 3 rings (SSSR count). The van der Waals surface area contributed by atoms with Crippen LogP contribution >= 0.6 is 0 Å². The van der Waals surface area contributed by atoms with Crippen LogP contribution in [0.3, 0.4) is 0 Å². The van der Waals surface area contributed by atoms with Crippen LogP contribution in [0.25, 0.3) is 0 Å². The molecule has 7 heteroatoms. The molecule has 2 N–H and O–H groups in total. The van der Waals surface area contributed by atoms with Crippen LogP contribution in [0, 0.1) is 0 Å². The van der Waals surface area contributed by atoms with Crippen LogP contribution < -0.4 is 20.3 Å². The summed E-state index contributed by atoms with van der Waals surface area (Å²) in [6.45, 7) is 7.48. The second kappa shape index (κ2) is 7.95. The Bertz CT molecular complexity index is 963. The Hall–Kier alpha value is -3.35. The van der Waals surface area contributed by atoms with Crippen molar-refractivity contribution < 1.29 is 19.1 Å². The van der Waals surface area contributed by atoms with E-state index in [1.54, 1.807) is 24.3 Å². The predicted octanol–water partition coefficient (Wildman–Crippen LogP) is 3.31. The number of nitrogens with one attached hydrogen (secondary N) is 2. The highest BCUT2D eigenvalue weighted by Gasteiger charge is 2.28. The maximum atomic E-state index is 12.6. The van der Waals surface area contributed by atoms with Crippen molar-refractivity contribution in [3.05, 3.63) is 48.0 Å². The Kier molecular flexibility index (Phi) is 5.59. The molecular weight excluding hydrogens is 370 g/mol. The number of benzene rings is 2. The average Bonchev–Trinajstić information content (AvgIpc) is 2.62. The van der Waals surface area contributed by atoms with Crippen molar-refractivity contribution in [3.63, 3.8) is 0 Å². The number of ether oxygens (including phenoxy) is 1. The number of hydrogen-bond acceptors (Lipinski definition) is 4. The summed E-state index contributed by atoms with van der Waals surface area (Å²) in [5.74, 6) is -0.217. The number of carbonyl (C=O) groups is 3. The number of hydrogen-bond donors (Lipinski definition) is 2. The minimum Gasteiger partial charge on any atom is -0.482 e. The Morgan fingerprint density at radius 1 is 1.07 bits per heavy atom. The minimum absolute atomic E-state index is 0.0546. The molecule has 0 bridgehead atoms. The van der Waals surface area contributed by atoms with E-state index in [2.05, 4.69) is 31.4 Å². The van der Waals surface area contributed by atoms with Gasteiger partial charge in [-0.15, -0.1) is 0 Å². The van der Waals surface area contributed by atoms with E-state index in [0.29, 0.717) is 22.8 Å². The fraction of sp³-hybridized carbons (Fsp3) is 0.318. The van der Waals surface area contributed by atoms with Crippen LogP contribution in [0.1, 0.15) is 33.3 Å². The molecule has 1 aliphatic heterocycles. The van der Waals surface area contributed by atoms with Crippen molar-refractivity contribution in [2.24, 2.45) is 0 Å². The maximum absolute atomic E-state index is 12.6. The topological polar surface area (TPSA) is 87.7 Å². The Morgan fingerprint density at radius 2 is 1.76 bits per heavy atom. The first-order chi connectivity index (χ1) is 13.6.